The fourth-order valence-corrected chi connectivity index (χ4v) is 4.01. The Labute approximate surface area is 188 Å². The molecule has 3 rings (SSSR count). The van der Waals surface area contributed by atoms with Crippen LogP contribution in [0.5, 0.6) is 0 Å². The Morgan fingerprint density at radius 2 is 1.75 bits per heavy atom. The maximum absolute atomic E-state index is 12.8. The Bertz CT molecular complexity index is 899. The molecule has 2 atom stereocenters. The number of benzene rings is 2. The van der Waals surface area contributed by atoms with Crippen LogP contribution in [-0.2, 0) is 20.8 Å². The number of rotatable bonds is 9. The Morgan fingerprint density at radius 3 is 2.47 bits per heavy atom. The molecule has 0 bridgehead atoms. The van der Waals surface area contributed by atoms with Crippen molar-refractivity contribution >= 4 is 17.7 Å². The highest BCUT2D eigenvalue weighted by Gasteiger charge is 2.27. The third-order valence-electron chi connectivity index (χ3n) is 5.86. The lowest BCUT2D eigenvalue weighted by Crippen LogP contribution is -2.48. The van der Waals surface area contributed by atoms with E-state index in [1.54, 1.807) is 5.48 Å². The van der Waals surface area contributed by atoms with Crippen LogP contribution in [0.3, 0.4) is 0 Å². The van der Waals surface area contributed by atoms with E-state index in [2.05, 4.69) is 47.0 Å². The Morgan fingerprint density at radius 1 is 1.03 bits per heavy atom. The second-order valence-electron chi connectivity index (χ2n) is 8.24. The average molecular weight is 438 g/mol. The number of carbonyl (C=O) groups excluding carboxylic acids is 3. The second-order valence-corrected chi connectivity index (χ2v) is 8.24. The first-order chi connectivity index (χ1) is 15.6. The van der Waals surface area contributed by atoms with Gasteiger partial charge in [0.05, 0.1) is 0 Å². The van der Waals surface area contributed by atoms with E-state index in [9.17, 15) is 14.4 Å². The minimum atomic E-state index is -0.609. The van der Waals surface area contributed by atoms with Crippen LogP contribution in [0.2, 0.25) is 0 Å². The van der Waals surface area contributed by atoms with Gasteiger partial charge >= 0.3 is 0 Å². The molecule has 4 N–H and O–H groups in total. The van der Waals surface area contributed by atoms with Gasteiger partial charge < -0.3 is 10.6 Å². The Hall–Kier alpha value is -3.19. The van der Waals surface area contributed by atoms with Crippen molar-refractivity contribution in [1.82, 2.24) is 16.1 Å². The highest BCUT2D eigenvalue weighted by Crippen LogP contribution is 2.21. The summed E-state index contributed by atoms with van der Waals surface area (Å²) >= 11 is 0. The summed E-state index contributed by atoms with van der Waals surface area (Å²) in [7, 11) is 0. The number of carbonyl (C=O) groups is 3. The molecule has 0 unspecified atom stereocenters. The molecule has 2 aromatic carbocycles. The van der Waals surface area contributed by atoms with Crippen molar-refractivity contribution in [2.75, 3.05) is 6.54 Å². The maximum atomic E-state index is 12.8. The van der Waals surface area contributed by atoms with Crippen molar-refractivity contribution in [1.29, 1.82) is 0 Å². The zero-order chi connectivity index (χ0) is 22.8. The number of hydrogen-bond donors (Lipinski definition) is 4. The smallest absolute Gasteiger partial charge is 0.244 e. The summed E-state index contributed by atoms with van der Waals surface area (Å²) in [5.41, 5.74) is 5.06. The van der Waals surface area contributed by atoms with Gasteiger partial charge in [0.15, 0.2) is 0 Å². The van der Waals surface area contributed by atoms with Crippen molar-refractivity contribution in [2.45, 2.75) is 51.0 Å². The van der Waals surface area contributed by atoms with Gasteiger partial charge in [-0.1, -0.05) is 54.6 Å². The molecule has 170 valence electrons. The summed E-state index contributed by atoms with van der Waals surface area (Å²) in [6.45, 7) is 0.616. The van der Waals surface area contributed by atoms with Gasteiger partial charge in [-0.15, -0.1) is 0 Å². The molecule has 0 aliphatic carbocycles. The summed E-state index contributed by atoms with van der Waals surface area (Å²) in [6.07, 6.45) is 4.16. The van der Waals surface area contributed by atoms with E-state index in [0.717, 1.165) is 36.0 Å². The first-order valence-electron chi connectivity index (χ1n) is 11.2. The van der Waals surface area contributed by atoms with Crippen molar-refractivity contribution < 1.29 is 19.6 Å². The first-order valence-corrected chi connectivity index (χ1v) is 11.2. The van der Waals surface area contributed by atoms with Crippen LogP contribution >= 0.6 is 0 Å². The van der Waals surface area contributed by atoms with Gasteiger partial charge in [-0.05, 0) is 55.2 Å². The molecule has 32 heavy (non-hydrogen) atoms. The highest BCUT2D eigenvalue weighted by molar-refractivity contribution is 5.90. The minimum absolute atomic E-state index is 0.121. The van der Waals surface area contributed by atoms with Gasteiger partial charge in [0.2, 0.25) is 17.7 Å². The molecule has 2 aromatic rings. The number of aryl methyl sites for hydroxylation is 1. The molecule has 7 heteroatoms. The van der Waals surface area contributed by atoms with Gasteiger partial charge in [-0.3, -0.25) is 19.6 Å². The summed E-state index contributed by atoms with van der Waals surface area (Å²) in [5, 5.41) is 14.5. The predicted molar refractivity (Wildman–Crippen MR) is 122 cm³/mol. The topological polar surface area (TPSA) is 108 Å². The molecular weight excluding hydrogens is 406 g/mol. The van der Waals surface area contributed by atoms with Gasteiger partial charge in [0.1, 0.15) is 6.04 Å². The van der Waals surface area contributed by atoms with E-state index >= 15 is 0 Å². The second kappa shape index (κ2) is 12.0. The van der Waals surface area contributed by atoms with E-state index < -0.39 is 17.9 Å². The van der Waals surface area contributed by atoms with Crippen molar-refractivity contribution in [2.24, 2.45) is 5.92 Å². The van der Waals surface area contributed by atoms with Crippen LogP contribution in [0.15, 0.2) is 54.6 Å². The summed E-state index contributed by atoms with van der Waals surface area (Å²) < 4.78 is 0. The van der Waals surface area contributed by atoms with Gasteiger partial charge in [-0.25, -0.2) is 5.48 Å². The highest BCUT2D eigenvalue weighted by atomic mass is 16.5. The molecule has 1 fully saturated rings. The van der Waals surface area contributed by atoms with Crippen molar-refractivity contribution in [3.8, 4) is 11.1 Å². The molecule has 7 nitrogen and oxygen atoms in total. The van der Waals surface area contributed by atoms with Crippen LogP contribution in [-0.4, -0.2) is 35.5 Å². The van der Waals surface area contributed by atoms with E-state index in [1.165, 1.54) is 0 Å². The Balaban J connectivity index is 1.56. The van der Waals surface area contributed by atoms with Crippen LogP contribution in [0.4, 0.5) is 0 Å². The first kappa shape index (κ1) is 23.5. The molecule has 0 saturated carbocycles. The van der Waals surface area contributed by atoms with Crippen molar-refractivity contribution in [3.05, 3.63) is 60.2 Å². The molecule has 3 amide bonds. The van der Waals surface area contributed by atoms with Crippen LogP contribution in [0, 0.1) is 5.92 Å². The van der Waals surface area contributed by atoms with Gasteiger partial charge in [0.25, 0.3) is 0 Å². The molecule has 0 radical (unpaired) electrons. The lowest BCUT2D eigenvalue weighted by atomic mass is 9.94. The Kier molecular flexibility index (Phi) is 8.80. The monoisotopic (exact) mass is 437 g/mol. The molecule has 1 saturated heterocycles. The van der Waals surface area contributed by atoms with E-state index in [0.29, 0.717) is 25.8 Å². The lowest BCUT2D eigenvalue weighted by molar-refractivity contribution is -0.136. The van der Waals surface area contributed by atoms with Gasteiger partial charge in [0, 0.05) is 18.9 Å². The normalized spacial score (nSPS) is 17.0. The zero-order valence-corrected chi connectivity index (χ0v) is 18.2. The molecule has 0 aromatic heterocycles. The lowest BCUT2D eigenvalue weighted by Gasteiger charge is -2.20. The fraction of sp³-hybridized carbons (Fsp3) is 0.400. The standard InChI is InChI=1S/C25H31N3O4/c29-23(28-32)17-21(24(30)27-22-11-4-5-16-26-25(22)31)10-6-7-18-12-14-20(15-13-18)19-8-2-1-3-9-19/h1-3,8-9,12-15,21-22,32H,4-7,10-11,16-17H2,(H,26,31)(H,27,30)(H,28,29)/t21-,22+/m1/s1. The molecule has 1 aliphatic rings. The maximum Gasteiger partial charge on any atom is 0.244 e. The SMILES string of the molecule is O=C(C[C@@H](CCCc1ccc(-c2ccccc2)cc1)C(=O)N[C@H]1CCCCNC1=O)NO. The van der Waals surface area contributed by atoms with E-state index in [4.69, 9.17) is 5.21 Å². The summed E-state index contributed by atoms with van der Waals surface area (Å²) in [6, 6.07) is 17.9. The minimum Gasteiger partial charge on any atom is -0.354 e. The quantitative estimate of drug-likeness (QED) is 0.357. The van der Waals surface area contributed by atoms with Crippen molar-refractivity contribution in [3.63, 3.8) is 0 Å². The van der Waals surface area contributed by atoms with Crippen LogP contribution in [0.1, 0.15) is 44.1 Å². The molecule has 1 heterocycles. The van der Waals surface area contributed by atoms with Gasteiger partial charge in [-0.2, -0.15) is 0 Å². The molecule has 1 aliphatic heterocycles. The third kappa shape index (κ3) is 6.92. The predicted octanol–water partition coefficient (Wildman–Crippen LogP) is 2.97. The largest absolute Gasteiger partial charge is 0.354 e. The fourth-order valence-electron chi connectivity index (χ4n) is 4.01. The number of nitrogens with one attached hydrogen (secondary N) is 3. The number of hydrogen-bond acceptors (Lipinski definition) is 4. The van der Waals surface area contributed by atoms with E-state index in [1.807, 2.05) is 18.2 Å². The zero-order valence-electron chi connectivity index (χ0n) is 18.2. The van der Waals surface area contributed by atoms with E-state index in [-0.39, 0.29) is 18.2 Å². The number of amides is 3. The summed E-state index contributed by atoms with van der Waals surface area (Å²) in [5.74, 6) is -1.72. The molecule has 0 spiro atoms. The molecular formula is C25H31N3O4. The van der Waals surface area contributed by atoms with Crippen LogP contribution in [0.25, 0.3) is 11.1 Å². The van der Waals surface area contributed by atoms with Crippen LogP contribution < -0.4 is 16.1 Å². The number of hydroxylamine groups is 1. The average Bonchev–Trinajstić information content (AvgIpc) is 3.03. The summed E-state index contributed by atoms with van der Waals surface area (Å²) in [4.78, 5) is 36.7. The third-order valence-corrected chi connectivity index (χ3v) is 5.86.